The Kier molecular flexibility index (Phi) is 4.75. The highest BCUT2D eigenvalue weighted by Crippen LogP contribution is 2.63. The molecule has 1 saturated carbocycles. The molecule has 9 unspecified atom stereocenters. The summed E-state index contributed by atoms with van der Waals surface area (Å²) in [6, 6.07) is 4.03. The van der Waals surface area contributed by atoms with Crippen molar-refractivity contribution in [1.82, 2.24) is 4.90 Å². The molecule has 10 heteroatoms. The fraction of sp³-hybridized carbons (Fsp3) is 0.696. The van der Waals surface area contributed by atoms with Crippen molar-refractivity contribution >= 4 is 5.97 Å². The lowest BCUT2D eigenvalue weighted by atomic mass is 9.51. The third-order valence-electron chi connectivity index (χ3n) is 8.60. The molecule has 0 aromatic heterocycles. The molecule has 0 amide bonds. The van der Waals surface area contributed by atoms with Crippen LogP contribution >= 0.6 is 0 Å². The summed E-state index contributed by atoms with van der Waals surface area (Å²) in [6.07, 6.45) is -6.18. The number of ether oxygens (including phenoxy) is 3. The summed E-state index contributed by atoms with van der Waals surface area (Å²) in [7, 11) is 2.15. The van der Waals surface area contributed by atoms with Crippen LogP contribution in [0.5, 0.6) is 11.5 Å². The van der Waals surface area contributed by atoms with Crippen molar-refractivity contribution < 1.29 is 44.5 Å². The standard InChI is InChI=1S/C23H29NO9/c1-24-7-6-23-10-3-4-12(25)20(23)32-18-13(5-2-9(14(18)23)8-11(10)24)31-22-17(28)15(26)16(27)19(33-22)21(29)30/h2,5,10-12,15-17,19-20,22,25-28H,3-4,6-8H2,1H3,(H,29,30)/t10?,11?,12-,15?,16?,17?,19?,20?,22?,23?/m1/s1. The van der Waals surface area contributed by atoms with E-state index in [0.29, 0.717) is 24.1 Å². The number of carboxylic acid groups (broad SMARTS) is 1. The molecule has 1 spiro atoms. The zero-order valence-corrected chi connectivity index (χ0v) is 18.2. The SMILES string of the molecule is CN1CCC23c4c5ccc(OC6OC(C(=O)O)C(O)C(O)C6O)c4OC2[C@H](O)CCC3C1C5. The average Bonchev–Trinajstić information content (AvgIpc) is 3.14. The molecule has 6 rings (SSSR count). The van der Waals surface area contributed by atoms with Crippen molar-refractivity contribution in [2.24, 2.45) is 5.92 Å². The van der Waals surface area contributed by atoms with Crippen LogP contribution in [0.2, 0.25) is 0 Å². The zero-order valence-electron chi connectivity index (χ0n) is 18.2. The molecule has 10 nitrogen and oxygen atoms in total. The van der Waals surface area contributed by atoms with Crippen LogP contribution in [-0.4, -0.2) is 98.9 Å². The van der Waals surface area contributed by atoms with E-state index in [0.717, 1.165) is 36.9 Å². The van der Waals surface area contributed by atoms with Gasteiger partial charge in [-0.25, -0.2) is 4.79 Å². The predicted molar refractivity (Wildman–Crippen MR) is 111 cm³/mol. The maximum atomic E-state index is 11.5. The molecule has 1 aromatic carbocycles. The molecule has 5 aliphatic rings. The summed E-state index contributed by atoms with van der Waals surface area (Å²) in [5, 5.41) is 50.7. The maximum absolute atomic E-state index is 11.5. The number of piperidine rings is 1. The lowest BCUT2D eigenvalue weighted by molar-refractivity contribution is -0.271. The van der Waals surface area contributed by atoms with Gasteiger partial charge in [0.25, 0.3) is 0 Å². The van der Waals surface area contributed by atoms with Crippen molar-refractivity contribution in [2.75, 3.05) is 13.6 Å². The summed E-state index contributed by atoms with van der Waals surface area (Å²) in [5.41, 5.74) is 1.87. The summed E-state index contributed by atoms with van der Waals surface area (Å²) < 4.78 is 17.6. The highest BCUT2D eigenvalue weighted by molar-refractivity contribution is 5.73. The van der Waals surface area contributed by atoms with Gasteiger partial charge in [-0.05, 0) is 56.8 Å². The molecule has 2 aliphatic carbocycles. The second-order valence-corrected chi connectivity index (χ2v) is 10.1. The van der Waals surface area contributed by atoms with Crippen molar-refractivity contribution in [3.05, 3.63) is 23.3 Å². The van der Waals surface area contributed by atoms with Crippen LogP contribution in [0.25, 0.3) is 0 Å². The van der Waals surface area contributed by atoms with Crippen LogP contribution in [-0.2, 0) is 21.4 Å². The van der Waals surface area contributed by atoms with Gasteiger partial charge in [0.2, 0.25) is 6.29 Å². The van der Waals surface area contributed by atoms with E-state index >= 15 is 0 Å². The highest BCUT2D eigenvalue weighted by Gasteiger charge is 2.65. The van der Waals surface area contributed by atoms with Gasteiger partial charge in [0.1, 0.15) is 24.4 Å². The van der Waals surface area contributed by atoms with Crippen LogP contribution in [0.3, 0.4) is 0 Å². The Labute approximate surface area is 190 Å². The van der Waals surface area contributed by atoms with Crippen molar-refractivity contribution in [1.29, 1.82) is 0 Å². The number of hydrogen-bond donors (Lipinski definition) is 5. The third-order valence-corrected chi connectivity index (χ3v) is 8.60. The Morgan fingerprint density at radius 2 is 1.94 bits per heavy atom. The van der Waals surface area contributed by atoms with E-state index in [-0.39, 0.29) is 11.2 Å². The maximum Gasteiger partial charge on any atom is 0.335 e. The minimum absolute atomic E-state index is 0.262. The number of likely N-dealkylation sites (tertiary alicyclic amines) is 1. The molecule has 2 bridgehead atoms. The smallest absolute Gasteiger partial charge is 0.335 e. The first kappa shape index (κ1) is 21.6. The minimum atomic E-state index is -1.79. The van der Waals surface area contributed by atoms with Crippen LogP contribution in [0.15, 0.2) is 12.1 Å². The van der Waals surface area contributed by atoms with E-state index in [2.05, 4.69) is 11.9 Å². The lowest BCUT2D eigenvalue weighted by Gasteiger charge is -2.58. The van der Waals surface area contributed by atoms with Gasteiger partial charge in [-0.3, -0.25) is 0 Å². The largest absolute Gasteiger partial charge is 0.483 e. The number of aliphatic hydroxyl groups excluding tert-OH is 4. The Morgan fingerprint density at radius 3 is 2.70 bits per heavy atom. The highest BCUT2D eigenvalue weighted by atomic mass is 16.7. The van der Waals surface area contributed by atoms with Gasteiger partial charge in [0.05, 0.1) is 6.10 Å². The molecule has 33 heavy (non-hydrogen) atoms. The van der Waals surface area contributed by atoms with E-state index in [1.54, 1.807) is 6.07 Å². The molecule has 180 valence electrons. The van der Waals surface area contributed by atoms with Crippen molar-refractivity contribution in [3.8, 4) is 11.5 Å². The van der Waals surface area contributed by atoms with Crippen LogP contribution in [0.1, 0.15) is 30.4 Å². The van der Waals surface area contributed by atoms with Gasteiger partial charge < -0.3 is 44.6 Å². The minimum Gasteiger partial charge on any atom is -0.483 e. The van der Waals surface area contributed by atoms with E-state index in [1.807, 2.05) is 6.07 Å². The number of rotatable bonds is 3. The number of aliphatic hydroxyl groups is 4. The van der Waals surface area contributed by atoms with E-state index in [9.17, 15) is 30.3 Å². The number of nitrogens with zero attached hydrogens (tertiary/aromatic N) is 1. The number of hydrogen-bond acceptors (Lipinski definition) is 9. The summed E-state index contributed by atoms with van der Waals surface area (Å²) >= 11 is 0. The van der Waals surface area contributed by atoms with Crippen LogP contribution < -0.4 is 9.47 Å². The van der Waals surface area contributed by atoms with Gasteiger partial charge in [-0.2, -0.15) is 0 Å². The monoisotopic (exact) mass is 463 g/mol. The molecule has 1 aromatic rings. The first-order valence-corrected chi connectivity index (χ1v) is 11.5. The molecule has 3 fully saturated rings. The Balaban J connectivity index is 1.40. The quantitative estimate of drug-likeness (QED) is 0.377. The van der Waals surface area contributed by atoms with Gasteiger partial charge in [0.15, 0.2) is 17.6 Å². The van der Waals surface area contributed by atoms with Gasteiger partial charge >= 0.3 is 5.97 Å². The number of benzene rings is 1. The fourth-order valence-corrected chi connectivity index (χ4v) is 7.07. The first-order valence-electron chi connectivity index (χ1n) is 11.5. The molecular formula is C23H29NO9. The van der Waals surface area contributed by atoms with Crippen LogP contribution in [0.4, 0.5) is 0 Å². The van der Waals surface area contributed by atoms with E-state index in [4.69, 9.17) is 14.2 Å². The molecule has 3 heterocycles. The third kappa shape index (κ3) is 2.79. The number of likely N-dealkylation sites (N-methyl/N-ethyl adjacent to an activating group) is 1. The summed E-state index contributed by atoms with van der Waals surface area (Å²) in [5.74, 6) is -0.368. The zero-order chi connectivity index (χ0) is 23.2. The van der Waals surface area contributed by atoms with Crippen LogP contribution in [0, 0.1) is 5.92 Å². The van der Waals surface area contributed by atoms with Crippen molar-refractivity contribution in [2.45, 2.75) is 80.1 Å². The topological polar surface area (TPSA) is 149 Å². The molecule has 2 saturated heterocycles. The fourth-order valence-electron chi connectivity index (χ4n) is 7.07. The Morgan fingerprint density at radius 1 is 1.15 bits per heavy atom. The molecule has 5 N–H and O–H groups in total. The van der Waals surface area contributed by atoms with Gasteiger partial charge in [0, 0.05) is 17.0 Å². The van der Waals surface area contributed by atoms with Crippen molar-refractivity contribution in [3.63, 3.8) is 0 Å². The second kappa shape index (κ2) is 7.27. The van der Waals surface area contributed by atoms with E-state index < -0.39 is 48.9 Å². The number of carboxylic acids is 1. The predicted octanol–water partition coefficient (Wildman–Crippen LogP) is -1.01. The lowest BCUT2D eigenvalue weighted by Crippen LogP contribution is -2.66. The number of aliphatic carboxylic acids is 1. The molecular weight excluding hydrogens is 434 g/mol. The molecule has 10 atom stereocenters. The first-order chi connectivity index (χ1) is 15.7. The Bertz CT molecular complexity index is 987. The summed E-state index contributed by atoms with van der Waals surface area (Å²) in [4.78, 5) is 13.9. The van der Waals surface area contributed by atoms with Gasteiger partial charge in [-0.15, -0.1) is 0 Å². The average molecular weight is 463 g/mol. The normalized spacial score (nSPS) is 45.8. The second-order valence-electron chi connectivity index (χ2n) is 10.1. The Hall–Kier alpha value is -1.95. The number of carbonyl (C=O) groups is 1. The summed E-state index contributed by atoms with van der Waals surface area (Å²) in [6.45, 7) is 0.895. The molecule has 3 aliphatic heterocycles. The molecule has 0 radical (unpaired) electrons. The van der Waals surface area contributed by atoms with Gasteiger partial charge in [-0.1, -0.05) is 6.07 Å². The van der Waals surface area contributed by atoms with E-state index in [1.165, 1.54) is 0 Å².